The molecule has 2 atom stereocenters. The van der Waals surface area contributed by atoms with Gasteiger partial charge in [0.05, 0.1) is 46.8 Å². The first-order chi connectivity index (χ1) is 32.6. The molecular weight excluding hydrogens is 925 g/mol. The molecule has 0 saturated heterocycles. The van der Waals surface area contributed by atoms with E-state index in [1.807, 2.05) is 12.5 Å². The average Bonchev–Trinajstić information content (AvgIpc) is 3.59. The van der Waals surface area contributed by atoms with Crippen LogP contribution in [-0.4, -0.2) is 93.0 Å². The maximum Gasteiger partial charge on any atom is 0.408 e. The number of hydrogen-bond acceptors (Lipinski definition) is 5. The van der Waals surface area contributed by atoms with E-state index < -0.39 is 35.7 Å². The highest BCUT2D eigenvalue weighted by Gasteiger charge is 2.36. The van der Waals surface area contributed by atoms with Gasteiger partial charge in [-0.3, -0.25) is 4.79 Å². The van der Waals surface area contributed by atoms with Crippen molar-refractivity contribution < 1.29 is 29.3 Å². The van der Waals surface area contributed by atoms with Crippen molar-refractivity contribution in [2.24, 2.45) is 5.73 Å². The van der Waals surface area contributed by atoms with Gasteiger partial charge in [-0.2, -0.15) is 0 Å². The SMILES string of the molecule is C[S+](C)CCC(N)C(=O)O.C[S+](C)CCC(NC(=O)OC(C)(C)C)C(=O)O.c1ccc([S+](c2ccccc2)C2CCCCCC2)cc1.c1ccc([S+](c2ccccc2)C2CCCCCCC2)cc1. The molecule has 0 aromatic heterocycles. The Hall–Kier alpha value is -3.55. The smallest absolute Gasteiger partial charge is 0.408 e. The molecule has 12 heteroatoms. The minimum Gasteiger partial charge on any atom is -0.480 e. The van der Waals surface area contributed by atoms with Crippen LogP contribution in [0.25, 0.3) is 0 Å². The van der Waals surface area contributed by atoms with Crippen LogP contribution in [0.15, 0.2) is 141 Å². The van der Waals surface area contributed by atoms with Crippen molar-refractivity contribution >= 4 is 61.6 Å². The highest BCUT2D eigenvalue weighted by molar-refractivity contribution is 7.98. The molecule has 0 heterocycles. The predicted octanol–water partition coefficient (Wildman–Crippen LogP) is 12.2. The van der Waals surface area contributed by atoms with Crippen LogP contribution in [0.1, 0.15) is 117 Å². The first-order valence-corrected chi connectivity index (χ1v) is 31.5. The maximum atomic E-state index is 11.4. The zero-order valence-corrected chi connectivity index (χ0v) is 45.4. The van der Waals surface area contributed by atoms with Crippen molar-refractivity contribution in [1.29, 1.82) is 0 Å². The quantitative estimate of drug-likeness (QED) is 0.0687. The molecule has 0 aliphatic heterocycles. The Bertz CT molecular complexity index is 1860. The number of hydrogen-bond donors (Lipinski definition) is 4. The number of ether oxygens (including phenoxy) is 1. The fraction of sp³-hybridized carbons (Fsp3) is 0.518. The average molecular weight is 1010 g/mol. The number of carboxylic acids is 2. The molecule has 374 valence electrons. The van der Waals surface area contributed by atoms with Gasteiger partial charge >= 0.3 is 18.0 Å². The summed E-state index contributed by atoms with van der Waals surface area (Å²) < 4.78 is 5.01. The molecule has 2 aliphatic carbocycles. The molecule has 8 nitrogen and oxygen atoms in total. The summed E-state index contributed by atoms with van der Waals surface area (Å²) in [6.07, 6.45) is 26.9. The van der Waals surface area contributed by atoms with Crippen LogP contribution in [-0.2, 0) is 57.9 Å². The largest absolute Gasteiger partial charge is 0.480 e. The van der Waals surface area contributed by atoms with Gasteiger partial charge in [-0.1, -0.05) is 105 Å². The lowest BCUT2D eigenvalue weighted by Crippen LogP contribution is -2.44. The highest BCUT2D eigenvalue weighted by Crippen LogP contribution is 2.36. The zero-order chi connectivity index (χ0) is 49.7. The fourth-order valence-electron chi connectivity index (χ4n) is 7.99. The number of rotatable bonds is 15. The van der Waals surface area contributed by atoms with E-state index in [-0.39, 0.29) is 32.7 Å². The Morgan fingerprint density at radius 1 is 0.544 bits per heavy atom. The molecule has 2 unspecified atom stereocenters. The number of amides is 1. The highest BCUT2D eigenvalue weighted by atomic mass is 32.2. The van der Waals surface area contributed by atoms with Gasteiger partial charge < -0.3 is 26.0 Å². The Kier molecular flexibility index (Phi) is 28.6. The molecule has 2 fully saturated rings. The molecular formula is C56H84N2O6S4+4. The Labute approximate surface area is 422 Å². The topological polar surface area (TPSA) is 139 Å². The van der Waals surface area contributed by atoms with E-state index in [4.69, 9.17) is 20.7 Å². The third kappa shape index (κ3) is 24.3. The van der Waals surface area contributed by atoms with Crippen LogP contribution >= 0.6 is 0 Å². The molecule has 5 N–H and O–H groups in total. The second kappa shape index (κ2) is 33.1. The first-order valence-electron chi connectivity index (χ1n) is 24.5. The van der Waals surface area contributed by atoms with E-state index in [9.17, 15) is 14.4 Å². The number of nitrogens with one attached hydrogen (secondary N) is 1. The third-order valence-electron chi connectivity index (χ3n) is 11.5. The molecule has 0 bridgehead atoms. The number of carbonyl (C=O) groups excluding carboxylic acids is 1. The van der Waals surface area contributed by atoms with E-state index in [2.05, 4.69) is 139 Å². The summed E-state index contributed by atoms with van der Waals surface area (Å²) in [7, 11) is 0.957. The van der Waals surface area contributed by atoms with Crippen molar-refractivity contribution in [1.82, 2.24) is 5.32 Å². The summed E-state index contributed by atoms with van der Waals surface area (Å²) in [5.74, 6) is -0.244. The first kappa shape index (κ1) is 58.8. The summed E-state index contributed by atoms with van der Waals surface area (Å²) in [5, 5.41) is 21.4. The van der Waals surface area contributed by atoms with Gasteiger partial charge in [0.25, 0.3) is 0 Å². The van der Waals surface area contributed by atoms with Crippen molar-refractivity contribution in [3.63, 3.8) is 0 Å². The second-order valence-corrected chi connectivity index (χ2v) is 28.3. The Morgan fingerprint density at radius 3 is 1.13 bits per heavy atom. The Balaban J connectivity index is 0.000000248. The molecule has 2 aliphatic rings. The Morgan fingerprint density at radius 2 is 0.853 bits per heavy atom. The lowest BCUT2D eigenvalue weighted by atomic mass is 10.0. The van der Waals surface area contributed by atoms with Gasteiger partial charge in [0.1, 0.15) is 39.7 Å². The van der Waals surface area contributed by atoms with Crippen molar-refractivity contribution in [3.8, 4) is 0 Å². The lowest BCUT2D eigenvalue weighted by Gasteiger charge is -2.21. The minimum absolute atomic E-state index is 0.158. The number of alkyl carbamates (subject to hydrolysis) is 1. The summed E-state index contributed by atoms with van der Waals surface area (Å²) in [4.78, 5) is 38.6. The van der Waals surface area contributed by atoms with Gasteiger partial charge in [0.15, 0.2) is 19.6 Å². The number of carbonyl (C=O) groups is 3. The van der Waals surface area contributed by atoms with Crippen molar-refractivity contribution in [2.45, 2.75) is 165 Å². The van der Waals surface area contributed by atoms with Crippen LogP contribution in [0.2, 0.25) is 0 Å². The van der Waals surface area contributed by atoms with Gasteiger partial charge in [-0.15, -0.1) is 0 Å². The van der Waals surface area contributed by atoms with E-state index in [0.29, 0.717) is 23.7 Å². The molecule has 4 aromatic carbocycles. The van der Waals surface area contributed by atoms with E-state index in [1.54, 1.807) is 20.8 Å². The van der Waals surface area contributed by atoms with E-state index in [1.165, 1.54) is 103 Å². The lowest BCUT2D eigenvalue weighted by molar-refractivity contribution is -0.140. The molecule has 6 rings (SSSR count). The molecule has 4 aromatic rings. The minimum atomic E-state index is -1.03. The fourth-order valence-corrected chi connectivity index (χ4v) is 14.9. The van der Waals surface area contributed by atoms with Crippen LogP contribution in [0.3, 0.4) is 0 Å². The van der Waals surface area contributed by atoms with Crippen molar-refractivity contribution in [2.75, 3.05) is 36.5 Å². The van der Waals surface area contributed by atoms with Crippen molar-refractivity contribution in [3.05, 3.63) is 121 Å². The summed E-state index contributed by atoms with van der Waals surface area (Å²) in [5.41, 5.74) is 4.65. The van der Waals surface area contributed by atoms with E-state index >= 15 is 0 Å². The summed E-state index contributed by atoms with van der Waals surface area (Å²) >= 11 is 0. The second-order valence-electron chi connectivity index (χ2n) is 18.9. The van der Waals surface area contributed by atoms with Gasteiger partial charge in [-0.05, 0) is 142 Å². The molecule has 0 spiro atoms. The number of carboxylic acid groups (broad SMARTS) is 2. The van der Waals surface area contributed by atoms with Crippen LogP contribution in [0, 0.1) is 0 Å². The molecule has 2 saturated carbocycles. The third-order valence-corrected chi connectivity index (χ3v) is 19.0. The number of nitrogens with two attached hydrogens (primary N) is 1. The predicted molar refractivity (Wildman–Crippen MR) is 295 cm³/mol. The molecule has 68 heavy (non-hydrogen) atoms. The standard InChI is InChI=1S/C20H25S.C19H23S.C11H21NO4S.C6H13NO2S/c1-2-6-12-18(13-7-3-1)21(19-14-8-4-9-15-19)20-16-10-5-11-17-20;1-2-6-12-17(11-5-1)20(18-13-7-3-8-14-18)19-15-9-4-10-16-19;1-11(2,3)16-10(15)12-8(9(13)14)6-7-17(4)5;1-10(2)4-3-5(7)6(8)9/h4-5,8-11,14-18H,1-3,6-7,12-13H2;3-4,7-10,13-17H,1-2,5-6,11-12H2;8H,6-7H2,1-5H3,(H-,12,13,14,15);5H,3-4,7H2,1-2H3/q2*+1;;/p+2. The number of aliphatic carboxylic acids is 2. The van der Waals surface area contributed by atoms with Gasteiger partial charge in [0, 0.05) is 12.8 Å². The van der Waals surface area contributed by atoms with E-state index in [0.717, 1.165) is 22.0 Å². The maximum absolute atomic E-state index is 11.4. The zero-order valence-electron chi connectivity index (χ0n) is 42.1. The van der Waals surface area contributed by atoms with Gasteiger partial charge in [0.2, 0.25) is 0 Å². The van der Waals surface area contributed by atoms with Gasteiger partial charge in [-0.25, -0.2) is 9.59 Å². The summed E-state index contributed by atoms with van der Waals surface area (Å²) in [6.45, 7) is 5.20. The van der Waals surface area contributed by atoms with Crippen LogP contribution < -0.4 is 11.1 Å². The normalized spacial score (nSPS) is 15.7. The van der Waals surface area contributed by atoms with Crippen LogP contribution in [0.4, 0.5) is 4.79 Å². The van der Waals surface area contributed by atoms with Crippen LogP contribution in [0.5, 0.6) is 0 Å². The molecule has 1 amide bonds. The monoisotopic (exact) mass is 1010 g/mol. The molecule has 0 radical (unpaired) electrons. The summed E-state index contributed by atoms with van der Waals surface area (Å²) in [6, 6.07) is 43.1. The number of benzene rings is 4.